The van der Waals surface area contributed by atoms with Crippen molar-refractivity contribution in [3.05, 3.63) is 66.0 Å². The summed E-state index contributed by atoms with van der Waals surface area (Å²) in [5.41, 5.74) is 3.47. The molecule has 0 radical (unpaired) electrons. The second kappa shape index (κ2) is 4.31. The molecule has 0 aliphatic rings. The topological polar surface area (TPSA) is 0 Å². The molecule has 16 heavy (non-hydrogen) atoms. The Labute approximate surface area is 95.1 Å². The fourth-order valence-electron chi connectivity index (χ4n) is 1.71. The molecule has 0 fully saturated rings. The van der Waals surface area contributed by atoms with E-state index in [-0.39, 0.29) is 5.82 Å². The third-order valence-corrected chi connectivity index (χ3v) is 2.56. The van der Waals surface area contributed by atoms with Gasteiger partial charge in [-0.05, 0) is 24.1 Å². The minimum atomic E-state index is -0.206. The molecule has 80 valence electrons. The molecule has 0 saturated carbocycles. The van der Waals surface area contributed by atoms with Gasteiger partial charge in [0.2, 0.25) is 0 Å². The van der Waals surface area contributed by atoms with Crippen LogP contribution in [0.4, 0.5) is 4.39 Å². The van der Waals surface area contributed by atoms with Crippen molar-refractivity contribution in [2.24, 2.45) is 0 Å². The van der Waals surface area contributed by atoms with Crippen LogP contribution in [0, 0.1) is 12.7 Å². The van der Waals surface area contributed by atoms with Gasteiger partial charge in [0.15, 0.2) is 0 Å². The summed E-state index contributed by atoms with van der Waals surface area (Å²) in [6.45, 7) is 5.62. The van der Waals surface area contributed by atoms with Crippen molar-refractivity contribution in [3.8, 4) is 11.1 Å². The number of halogens is 1. The molecule has 0 saturated heterocycles. The van der Waals surface area contributed by atoms with Crippen LogP contribution in [0.25, 0.3) is 17.2 Å². The molecular formula is C15H13F. The van der Waals surface area contributed by atoms with Crippen LogP contribution in [0.3, 0.4) is 0 Å². The van der Waals surface area contributed by atoms with Crippen molar-refractivity contribution in [2.45, 2.75) is 6.92 Å². The normalized spacial score (nSPS) is 10.1. The highest BCUT2D eigenvalue weighted by Gasteiger charge is 2.04. The van der Waals surface area contributed by atoms with Crippen LogP contribution in [0.2, 0.25) is 0 Å². The first-order valence-corrected chi connectivity index (χ1v) is 5.20. The number of hydrogen-bond donors (Lipinski definition) is 0. The highest BCUT2D eigenvalue weighted by Crippen LogP contribution is 2.24. The second-order valence-electron chi connectivity index (χ2n) is 3.81. The molecule has 0 unspecified atom stereocenters. The predicted octanol–water partition coefficient (Wildman–Crippen LogP) is 4.44. The summed E-state index contributed by atoms with van der Waals surface area (Å²) in [5.74, 6) is -0.206. The van der Waals surface area contributed by atoms with Crippen LogP contribution in [0.5, 0.6) is 0 Å². The maximum atomic E-state index is 13.8. The summed E-state index contributed by atoms with van der Waals surface area (Å²) < 4.78 is 13.8. The summed E-state index contributed by atoms with van der Waals surface area (Å²) in [7, 11) is 0. The average Bonchev–Trinajstić information content (AvgIpc) is 2.28. The van der Waals surface area contributed by atoms with Crippen molar-refractivity contribution in [1.29, 1.82) is 0 Å². The lowest BCUT2D eigenvalue weighted by molar-refractivity contribution is 0.631. The van der Waals surface area contributed by atoms with Gasteiger partial charge in [0.25, 0.3) is 0 Å². The minimum Gasteiger partial charge on any atom is -0.206 e. The van der Waals surface area contributed by atoms with Crippen LogP contribution in [-0.2, 0) is 0 Å². The molecule has 0 nitrogen and oxygen atoms in total. The molecule has 0 bridgehead atoms. The largest absolute Gasteiger partial charge is 0.206 e. The van der Waals surface area contributed by atoms with E-state index in [4.69, 9.17) is 0 Å². The molecule has 0 aromatic heterocycles. The van der Waals surface area contributed by atoms with E-state index in [0.29, 0.717) is 5.56 Å². The van der Waals surface area contributed by atoms with E-state index in [1.807, 2.05) is 37.3 Å². The molecular weight excluding hydrogens is 199 g/mol. The molecule has 0 spiro atoms. The summed E-state index contributed by atoms with van der Waals surface area (Å²) in [6.07, 6.45) is 1.64. The zero-order valence-corrected chi connectivity index (χ0v) is 9.20. The quantitative estimate of drug-likeness (QED) is 0.690. The van der Waals surface area contributed by atoms with E-state index >= 15 is 0 Å². The number of aryl methyl sites for hydroxylation is 1. The summed E-state index contributed by atoms with van der Waals surface area (Å²) in [5, 5.41) is 0. The number of rotatable bonds is 2. The van der Waals surface area contributed by atoms with E-state index in [2.05, 4.69) is 6.58 Å². The van der Waals surface area contributed by atoms with Gasteiger partial charge in [0, 0.05) is 5.56 Å². The standard InChI is InChI=1S/C15H13F/c1-3-12-7-8-14(15(16)10-12)13-6-4-5-11(2)9-13/h3-10H,1H2,2H3. The Bertz CT molecular complexity index is 527. The van der Waals surface area contributed by atoms with Crippen LogP contribution >= 0.6 is 0 Å². The molecule has 2 rings (SSSR count). The van der Waals surface area contributed by atoms with Crippen LogP contribution in [0.1, 0.15) is 11.1 Å². The molecule has 0 heterocycles. The Balaban J connectivity index is 2.52. The van der Waals surface area contributed by atoms with Crippen LogP contribution < -0.4 is 0 Å². The SMILES string of the molecule is C=Cc1ccc(-c2cccc(C)c2)c(F)c1. The van der Waals surface area contributed by atoms with Crippen molar-refractivity contribution in [1.82, 2.24) is 0 Å². The van der Waals surface area contributed by atoms with E-state index in [1.165, 1.54) is 6.07 Å². The minimum absolute atomic E-state index is 0.206. The number of hydrogen-bond acceptors (Lipinski definition) is 0. The van der Waals surface area contributed by atoms with Gasteiger partial charge in [-0.2, -0.15) is 0 Å². The van der Waals surface area contributed by atoms with E-state index in [9.17, 15) is 4.39 Å². The predicted molar refractivity (Wildman–Crippen MR) is 66.7 cm³/mol. The maximum Gasteiger partial charge on any atom is 0.131 e. The fourth-order valence-corrected chi connectivity index (χ4v) is 1.71. The first-order chi connectivity index (χ1) is 7.70. The molecule has 0 aliphatic carbocycles. The van der Waals surface area contributed by atoms with E-state index in [0.717, 1.165) is 16.7 Å². The Morgan fingerprint density at radius 3 is 2.56 bits per heavy atom. The lowest BCUT2D eigenvalue weighted by atomic mass is 10.0. The van der Waals surface area contributed by atoms with Gasteiger partial charge < -0.3 is 0 Å². The van der Waals surface area contributed by atoms with Crippen molar-refractivity contribution in [2.75, 3.05) is 0 Å². The lowest BCUT2D eigenvalue weighted by Crippen LogP contribution is -1.86. The van der Waals surface area contributed by atoms with E-state index < -0.39 is 0 Å². The Hall–Kier alpha value is -1.89. The monoisotopic (exact) mass is 212 g/mol. The van der Waals surface area contributed by atoms with Crippen molar-refractivity contribution < 1.29 is 4.39 Å². The molecule has 2 aromatic rings. The lowest BCUT2D eigenvalue weighted by Gasteiger charge is -2.05. The molecule has 0 atom stereocenters. The molecule has 0 aliphatic heterocycles. The zero-order valence-electron chi connectivity index (χ0n) is 9.20. The van der Waals surface area contributed by atoms with E-state index in [1.54, 1.807) is 12.1 Å². The van der Waals surface area contributed by atoms with Crippen molar-refractivity contribution >= 4 is 6.08 Å². The third-order valence-electron chi connectivity index (χ3n) is 2.56. The van der Waals surface area contributed by atoms with Crippen LogP contribution in [0.15, 0.2) is 49.0 Å². The average molecular weight is 212 g/mol. The summed E-state index contributed by atoms with van der Waals surface area (Å²) in [4.78, 5) is 0. The van der Waals surface area contributed by atoms with Gasteiger partial charge in [-0.3, -0.25) is 0 Å². The number of benzene rings is 2. The van der Waals surface area contributed by atoms with Gasteiger partial charge in [-0.15, -0.1) is 0 Å². The highest BCUT2D eigenvalue weighted by molar-refractivity contribution is 5.66. The van der Waals surface area contributed by atoms with Gasteiger partial charge in [0.1, 0.15) is 5.82 Å². The van der Waals surface area contributed by atoms with Crippen LogP contribution in [-0.4, -0.2) is 0 Å². The third kappa shape index (κ3) is 2.03. The molecule has 2 aromatic carbocycles. The second-order valence-corrected chi connectivity index (χ2v) is 3.81. The smallest absolute Gasteiger partial charge is 0.131 e. The zero-order chi connectivity index (χ0) is 11.5. The maximum absolute atomic E-state index is 13.8. The van der Waals surface area contributed by atoms with Gasteiger partial charge >= 0.3 is 0 Å². The first-order valence-electron chi connectivity index (χ1n) is 5.20. The Morgan fingerprint density at radius 1 is 1.12 bits per heavy atom. The van der Waals surface area contributed by atoms with Gasteiger partial charge in [-0.25, -0.2) is 4.39 Å². The Kier molecular flexibility index (Phi) is 2.86. The van der Waals surface area contributed by atoms with Gasteiger partial charge in [0.05, 0.1) is 0 Å². The summed E-state index contributed by atoms with van der Waals surface area (Å²) in [6, 6.07) is 13.0. The molecule has 0 amide bonds. The van der Waals surface area contributed by atoms with Crippen molar-refractivity contribution in [3.63, 3.8) is 0 Å². The first kappa shape index (κ1) is 10.6. The molecule has 1 heteroatoms. The molecule has 0 N–H and O–H groups in total. The summed E-state index contributed by atoms with van der Waals surface area (Å²) >= 11 is 0. The highest BCUT2D eigenvalue weighted by atomic mass is 19.1. The van der Waals surface area contributed by atoms with Gasteiger partial charge in [-0.1, -0.05) is 54.6 Å². The fraction of sp³-hybridized carbons (Fsp3) is 0.0667. The Morgan fingerprint density at radius 2 is 1.94 bits per heavy atom.